The molecule has 0 bridgehead atoms. The molecule has 152 valence electrons. The average Bonchev–Trinajstić information content (AvgIpc) is 3.07. The molecule has 2 heterocycles. The van der Waals surface area contributed by atoms with Crippen molar-refractivity contribution in [1.82, 2.24) is 9.80 Å². The number of hydrogen-bond donors (Lipinski definition) is 1. The molecule has 0 aliphatic carbocycles. The van der Waals surface area contributed by atoms with Crippen LogP contribution in [0.5, 0.6) is 11.5 Å². The van der Waals surface area contributed by atoms with Gasteiger partial charge in [0.15, 0.2) is 5.76 Å². The lowest BCUT2D eigenvalue weighted by Crippen LogP contribution is -2.45. The van der Waals surface area contributed by atoms with Crippen LogP contribution < -0.4 is 4.74 Å². The van der Waals surface area contributed by atoms with E-state index in [1.807, 2.05) is 12.1 Å². The van der Waals surface area contributed by atoms with Crippen LogP contribution in [0.25, 0.3) is 6.08 Å². The Morgan fingerprint density at radius 2 is 1.69 bits per heavy atom. The Bertz CT molecular complexity index is 926. The maximum absolute atomic E-state index is 12.9. The molecule has 0 atom stereocenters. The number of ketones is 1. The molecular formula is C24H28N2O3. The van der Waals surface area contributed by atoms with Crippen molar-refractivity contribution in [3.8, 4) is 11.5 Å². The second-order valence-corrected chi connectivity index (χ2v) is 7.69. The lowest BCUT2D eigenvalue weighted by Gasteiger charge is -2.34. The summed E-state index contributed by atoms with van der Waals surface area (Å²) < 4.78 is 5.99. The highest BCUT2D eigenvalue weighted by atomic mass is 16.5. The van der Waals surface area contributed by atoms with Gasteiger partial charge in [0.2, 0.25) is 5.78 Å². The van der Waals surface area contributed by atoms with E-state index in [1.165, 1.54) is 5.56 Å². The molecule has 0 amide bonds. The molecule has 0 unspecified atom stereocenters. The quantitative estimate of drug-likeness (QED) is 0.786. The van der Waals surface area contributed by atoms with E-state index >= 15 is 0 Å². The number of Topliss-reactive ketones (excluding diaryl/α,β-unsaturated/α-hetero) is 1. The number of carbonyl (C=O) groups excluding carboxylic acids is 1. The monoisotopic (exact) mass is 392 g/mol. The van der Waals surface area contributed by atoms with Crippen molar-refractivity contribution in [2.45, 2.75) is 26.8 Å². The van der Waals surface area contributed by atoms with Gasteiger partial charge in [-0.1, -0.05) is 38.1 Å². The summed E-state index contributed by atoms with van der Waals surface area (Å²) >= 11 is 0. The second kappa shape index (κ2) is 8.39. The predicted molar refractivity (Wildman–Crippen MR) is 114 cm³/mol. The Morgan fingerprint density at radius 3 is 2.34 bits per heavy atom. The molecular weight excluding hydrogens is 364 g/mol. The van der Waals surface area contributed by atoms with Crippen LogP contribution in [0.2, 0.25) is 0 Å². The van der Waals surface area contributed by atoms with E-state index in [2.05, 4.69) is 35.8 Å². The van der Waals surface area contributed by atoms with Crippen molar-refractivity contribution in [3.05, 3.63) is 64.4 Å². The summed E-state index contributed by atoms with van der Waals surface area (Å²) in [5.41, 5.74) is 3.41. The average molecular weight is 392 g/mol. The number of fused-ring (bicyclic) bond motifs is 1. The van der Waals surface area contributed by atoms with Gasteiger partial charge in [0.1, 0.15) is 11.5 Å². The number of aromatic hydroxyl groups is 1. The summed E-state index contributed by atoms with van der Waals surface area (Å²) in [6.07, 6.45) is 2.76. The fourth-order valence-corrected chi connectivity index (χ4v) is 3.94. The number of nitrogens with zero attached hydrogens (tertiary/aromatic N) is 2. The number of rotatable bonds is 5. The van der Waals surface area contributed by atoms with Crippen molar-refractivity contribution in [1.29, 1.82) is 0 Å². The minimum atomic E-state index is -0.128. The van der Waals surface area contributed by atoms with Gasteiger partial charge in [0.25, 0.3) is 0 Å². The Balaban J connectivity index is 1.57. The van der Waals surface area contributed by atoms with E-state index in [9.17, 15) is 9.90 Å². The van der Waals surface area contributed by atoms with Crippen molar-refractivity contribution in [3.63, 3.8) is 0 Å². The standard InChI is InChI=1S/C24H28N2O3/c1-3-17-5-7-18(8-6-17)15-22-23(28)19-9-10-21(27)20(24(19)29-22)16-26-13-11-25(4-2)12-14-26/h5-10,15,27H,3-4,11-14,16H2,1-2H3/b22-15-. The fraction of sp³-hybridized carbons (Fsp3) is 0.375. The third-order valence-corrected chi connectivity index (χ3v) is 5.90. The van der Waals surface area contributed by atoms with Crippen LogP contribution >= 0.6 is 0 Å². The number of benzene rings is 2. The van der Waals surface area contributed by atoms with Gasteiger partial charge in [-0.05, 0) is 42.3 Å². The Kier molecular flexibility index (Phi) is 5.69. The number of allylic oxidation sites excluding steroid dienone is 1. The van der Waals surface area contributed by atoms with Crippen molar-refractivity contribution in [2.75, 3.05) is 32.7 Å². The molecule has 2 aliphatic heterocycles. The summed E-state index contributed by atoms with van der Waals surface area (Å²) in [7, 11) is 0. The maximum atomic E-state index is 12.9. The Hall–Kier alpha value is -2.63. The molecule has 5 nitrogen and oxygen atoms in total. The van der Waals surface area contributed by atoms with Gasteiger partial charge >= 0.3 is 0 Å². The Labute approximate surface area is 172 Å². The molecule has 29 heavy (non-hydrogen) atoms. The molecule has 2 aromatic carbocycles. The second-order valence-electron chi connectivity index (χ2n) is 7.69. The number of carbonyl (C=O) groups is 1. The van der Waals surface area contributed by atoms with E-state index < -0.39 is 0 Å². The summed E-state index contributed by atoms with van der Waals surface area (Å²) in [6, 6.07) is 11.4. The SMILES string of the molecule is CCc1ccc(/C=C2\Oc3c(ccc(O)c3CN3CCN(CC)CC3)C2=O)cc1. The van der Waals surface area contributed by atoms with E-state index in [0.29, 0.717) is 29.2 Å². The molecule has 2 aliphatic rings. The topological polar surface area (TPSA) is 53.0 Å². The molecule has 0 spiro atoms. The highest BCUT2D eigenvalue weighted by Gasteiger charge is 2.32. The van der Waals surface area contributed by atoms with Gasteiger partial charge in [-0.15, -0.1) is 0 Å². The van der Waals surface area contributed by atoms with Gasteiger partial charge in [-0.25, -0.2) is 0 Å². The van der Waals surface area contributed by atoms with Crippen molar-refractivity contribution >= 4 is 11.9 Å². The number of ether oxygens (including phenoxy) is 1. The highest BCUT2D eigenvalue weighted by molar-refractivity contribution is 6.15. The fourth-order valence-electron chi connectivity index (χ4n) is 3.94. The van der Waals surface area contributed by atoms with Crippen LogP contribution in [-0.2, 0) is 13.0 Å². The third-order valence-electron chi connectivity index (χ3n) is 5.90. The van der Waals surface area contributed by atoms with E-state index in [0.717, 1.165) is 44.7 Å². The highest BCUT2D eigenvalue weighted by Crippen LogP contribution is 2.40. The number of phenolic OH excluding ortho intramolecular Hbond substituents is 1. The van der Waals surface area contributed by atoms with Gasteiger partial charge in [0.05, 0.1) is 11.1 Å². The van der Waals surface area contributed by atoms with Crippen molar-refractivity contribution in [2.24, 2.45) is 0 Å². The van der Waals surface area contributed by atoms with E-state index in [4.69, 9.17) is 4.74 Å². The molecule has 4 rings (SSSR count). The van der Waals surface area contributed by atoms with E-state index in [-0.39, 0.29) is 11.5 Å². The molecule has 1 saturated heterocycles. The van der Waals surface area contributed by atoms with Crippen LogP contribution in [0.1, 0.15) is 40.9 Å². The lowest BCUT2D eigenvalue weighted by atomic mass is 10.0. The number of phenols is 1. The zero-order chi connectivity index (χ0) is 20.4. The van der Waals surface area contributed by atoms with E-state index in [1.54, 1.807) is 18.2 Å². The molecule has 2 aromatic rings. The summed E-state index contributed by atoms with van der Waals surface area (Å²) in [5, 5.41) is 10.5. The molecule has 0 saturated carbocycles. The smallest absolute Gasteiger partial charge is 0.231 e. The summed E-state index contributed by atoms with van der Waals surface area (Å²) in [6.45, 7) is 9.85. The third kappa shape index (κ3) is 4.07. The zero-order valence-electron chi connectivity index (χ0n) is 17.1. The van der Waals surface area contributed by atoms with Crippen LogP contribution in [-0.4, -0.2) is 53.4 Å². The minimum Gasteiger partial charge on any atom is -0.507 e. The molecule has 0 aromatic heterocycles. The largest absolute Gasteiger partial charge is 0.507 e. The first-order valence-corrected chi connectivity index (χ1v) is 10.4. The van der Waals surface area contributed by atoms with Crippen molar-refractivity contribution < 1.29 is 14.6 Å². The first kappa shape index (κ1) is 19.7. The lowest BCUT2D eigenvalue weighted by molar-refractivity contribution is 0.101. The number of hydrogen-bond acceptors (Lipinski definition) is 5. The molecule has 0 radical (unpaired) electrons. The summed E-state index contributed by atoms with van der Waals surface area (Å²) in [5.74, 6) is 0.871. The zero-order valence-corrected chi connectivity index (χ0v) is 17.1. The number of likely N-dealkylation sites (N-methyl/N-ethyl adjacent to an activating group) is 1. The van der Waals surface area contributed by atoms with Gasteiger partial charge in [-0.3, -0.25) is 9.69 Å². The maximum Gasteiger partial charge on any atom is 0.231 e. The van der Waals surface area contributed by atoms with Crippen LogP contribution in [0.3, 0.4) is 0 Å². The van der Waals surface area contributed by atoms with Crippen LogP contribution in [0.15, 0.2) is 42.2 Å². The van der Waals surface area contributed by atoms with Gasteiger partial charge in [0, 0.05) is 32.7 Å². The van der Waals surface area contributed by atoms with Crippen LogP contribution in [0, 0.1) is 0 Å². The number of piperazine rings is 1. The first-order valence-electron chi connectivity index (χ1n) is 10.4. The first-order chi connectivity index (χ1) is 14.1. The molecule has 1 N–H and O–H groups in total. The normalized spacial score (nSPS) is 18.8. The van der Waals surface area contributed by atoms with Gasteiger partial charge < -0.3 is 14.7 Å². The molecule has 1 fully saturated rings. The predicted octanol–water partition coefficient (Wildman–Crippen LogP) is 3.71. The number of aryl methyl sites for hydroxylation is 1. The molecule has 5 heteroatoms. The Morgan fingerprint density at radius 1 is 1.00 bits per heavy atom. The van der Waals surface area contributed by atoms with Gasteiger partial charge in [-0.2, -0.15) is 0 Å². The minimum absolute atomic E-state index is 0.128. The van der Waals surface area contributed by atoms with Crippen LogP contribution in [0.4, 0.5) is 0 Å². The summed E-state index contributed by atoms with van der Waals surface area (Å²) in [4.78, 5) is 17.6.